The highest BCUT2D eigenvalue weighted by molar-refractivity contribution is 6.27. The summed E-state index contributed by atoms with van der Waals surface area (Å²) in [7, 11) is 1.35. The molecule has 0 bridgehead atoms. The van der Waals surface area contributed by atoms with Gasteiger partial charge in [0.15, 0.2) is 0 Å². The molecule has 0 radical (unpaired) electrons. The lowest BCUT2D eigenvalue weighted by Crippen LogP contribution is -2.63. The molecule has 1 fully saturated rings. The molecule has 1 aliphatic rings. The molecule has 14 nitrogen and oxygen atoms in total. The molecule has 7 rings (SSSR count). The Morgan fingerprint density at radius 1 is 0.846 bits per heavy atom. The number of ether oxygens (including phenoxy) is 1. The smallest absolute Gasteiger partial charge is 0.328 e. The first kappa shape index (κ1) is 34.0. The summed E-state index contributed by atoms with van der Waals surface area (Å²) in [5, 5.41) is 69.4. The van der Waals surface area contributed by atoms with Crippen LogP contribution in [0, 0.1) is 0 Å². The van der Waals surface area contributed by atoms with E-state index in [1.54, 1.807) is 24.3 Å². The number of carboxylic acids is 1. The van der Waals surface area contributed by atoms with Crippen molar-refractivity contribution in [2.45, 2.75) is 51.7 Å². The molecule has 0 saturated carbocycles. The van der Waals surface area contributed by atoms with E-state index in [2.05, 4.69) is 5.32 Å². The van der Waals surface area contributed by atoms with Crippen LogP contribution in [0.25, 0.3) is 53.9 Å². The first-order valence-electron chi connectivity index (χ1n) is 16.6. The number of methoxy groups -OCH3 is 1. The van der Waals surface area contributed by atoms with E-state index < -0.39 is 59.2 Å². The summed E-state index contributed by atoms with van der Waals surface area (Å²) in [4.78, 5) is 53.6. The highest BCUT2D eigenvalue weighted by Gasteiger charge is 2.38. The molecule has 6 aromatic rings. The number of nitrogens with one attached hydrogen (secondary N) is 1. The number of carbonyl (C=O) groups excluding carboxylic acids is 2. The number of aromatic hydroxyl groups is 5. The number of aromatic nitrogens is 1. The number of hydrogen-bond acceptors (Lipinski definition) is 10. The van der Waals surface area contributed by atoms with Gasteiger partial charge in [0.05, 0.1) is 29.8 Å². The van der Waals surface area contributed by atoms with Crippen LogP contribution in [-0.4, -0.2) is 83.6 Å². The van der Waals surface area contributed by atoms with Crippen molar-refractivity contribution in [1.29, 1.82) is 0 Å². The fourth-order valence-electron chi connectivity index (χ4n) is 7.42. The molecule has 268 valence electrons. The van der Waals surface area contributed by atoms with Gasteiger partial charge in [-0.2, -0.15) is 0 Å². The van der Waals surface area contributed by atoms with Crippen molar-refractivity contribution in [3.8, 4) is 34.5 Å². The number of amides is 2. The summed E-state index contributed by atoms with van der Waals surface area (Å²) >= 11 is 0. The van der Waals surface area contributed by atoms with Gasteiger partial charge in [-0.25, -0.2) is 4.79 Å². The predicted molar refractivity (Wildman–Crippen MR) is 193 cm³/mol. The van der Waals surface area contributed by atoms with Crippen LogP contribution in [0.3, 0.4) is 0 Å². The molecular weight excluding hydrogens is 674 g/mol. The molecular formula is C38H35N3O11. The molecule has 5 aromatic carbocycles. The van der Waals surface area contributed by atoms with E-state index in [0.717, 1.165) is 4.90 Å². The normalized spacial score (nSPS) is 16.9. The number of phenolic OH excluding ortho intramolecular Hbond substituents is 5. The number of fused-ring (bicyclic) bond motifs is 6. The van der Waals surface area contributed by atoms with Crippen LogP contribution < -0.4 is 15.6 Å². The summed E-state index contributed by atoms with van der Waals surface area (Å²) in [5.41, 5.74) is -0.240. The zero-order valence-corrected chi connectivity index (χ0v) is 28.5. The van der Waals surface area contributed by atoms with Crippen molar-refractivity contribution in [2.75, 3.05) is 13.7 Å². The summed E-state index contributed by atoms with van der Waals surface area (Å²) in [6.45, 7) is 4.40. The highest BCUT2D eigenvalue weighted by Crippen LogP contribution is 2.53. The van der Waals surface area contributed by atoms with Crippen molar-refractivity contribution in [3.05, 3.63) is 58.5 Å². The van der Waals surface area contributed by atoms with Gasteiger partial charge in [-0.05, 0) is 66.4 Å². The number of carbonyl (C=O) groups is 3. The largest absolute Gasteiger partial charge is 0.507 e. The van der Waals surface area contributed by atoms with Crippen molar-refractivity contribution in [2.24, 2.45) is 0 Å². The molecule has 1 aliphatic heterocycles. The third-order valence-corrected chi connectivity index (χ3v) is 10.4. The predicted octanol–water partition coefficient (Wildman–Crippen LogP) is 4.46. The number of rotatable bonds is 6. The Hall–Kier alpha value is -6.44. The lowest BCUT2D eigenvalue weighted by Gasteiger charge is -2.36. The third kappa shape index (κ3) is 4.85. The van der Waals surface area contributed by atoms with Gasteiger partial charge in [0.25, 0.3) is 5.56 Å². The Morgan fingerprint density at radius 3 is 2.21 bits per heavy atom. The van der Waals surface area contributed by atoms with Gasteiger partial charge < -0.3 is 50.2 Å². The van der Waals surface area contributed by atoms with Gasteiger partial charge in [-0.3, -0.25) is 14.4 Å². The van der Waals surface area contributed by atoms with Gasteiger partial charge in [0.2, 0.25) is 11.8 Å². The Morgan fingerprint density at radius 2 is 1.54 bits per heavy atom. The number of piperazine rings is 1. The SMILES string of the molecule is CCC(C)c1cc2cc3ccc4c(OC)c5c(O)c6c(O)ccc(O)c6cc5c(O)c4c3c(O)c2c(=O)n1CC(=O)N1CC(C(=O)O)NC(=O)C1C. The van der Waals surface area contributed by atoms with Crippen molar-refractivity contribution >= 4 is 71.6 Å². The Balaban J connectivity index is 1.52. The minimum Gasteiger partial charge on any atom is -0.507 e. The number of hydrogen-bond donors (Lipinski definition) is 7. The van der Waals surface area contributed by atoms with Crippen LogP contribution in [0.4, 0.5) is 0 Å². The van der Waals surface area contributed by atoms with Crippen LogP contribution in [0.1, 0.15) is 38.8 Å². The van der Waals surface area contributed by atoms with Gasteiger partial charge in [0, 0.05) is 32.6 Å². The average Bonchev–Trinajstić information content (AvgIpc) is 3.11. The second-order valence-corrected chi connectivity index (χ2v) is 13.2. The van der Waals surface area contributed by atoms with Gasteiger partial charge in [0.1, 0.15) is 53.1 Å². The Kier molecular flexibility index (Phi) is 7.92. The molecule has 0 aliphatic carbocycles. The minimum atomic E-state index is -1.32. The van der Waals surface area contributed by atoms with Crippen molar-refractivity contribution in [3.63, 3.8) is 0 Å². The topological polar surface area (TPSA) is 219 Å². The number of phenols is 5. The lowest BCUT2D eigenvalue weighted by atomic mass is 9.91. The highest BCUT2D eigenvalue weighted by atomic mass is 16.5. The Bertz CT molecular complexity index is 2630. The minimum absolute atomic E-state index is 0.0247. The number of benzene rings is 5. The quantitative estimate of drug-likeness (QED) is 0.0727. The maximum Gasteiger partial charge on any atom is 0.328 e. The molecule has 3 atom stereocenters. The summed E-state index contributed by atoms with van der Waals surface area (Å²) < 4.78 is 6.96. The first-order valence-corrected chi connectivity index (χ1v) is 16.6. The number of pyridine rings is 1. The molecule has 1 saturated heterocycles. The number of nitrogens with zero attached hydrogens (tertiary/aromatic N) is 2. The molecule has 0 spiro atoms. The molecule has 52 heavy (non-hydrogen) atoms. The molecule has 14 heteroatoms. The van der Waals surface area contributed by atoms with E-state index >= 15 is 0 Å². The first-order chi connectivity index (χ1) is 24.7. The van der Waals surface area contributed by atoms with E-state index in [1.165, 1.54) is 36.8 Å². The van der Waals surface area contributed by atoms with Gasteiger partial charge in [-0.15, -0.1) is 0 Å². The summed E-state index contributed by atoms with van der Waals surface area (Å²) in [6.07, 6.45) is 0.586. The maximum atomic E-state index is 14.5. The van der Waals surface area contributed by atoms with Crippen LogP contribution in [0.15, 0.2) is 47.3 Å². The zero-order chi connectivity index (χ0) is 37.5. The van der Waals surface area contributed by atoms with Crippen LogP contribution in [0.2, 0.25) is 0 Å². The van der Waals surface area contributed by atoms with E-state index in [0.29, 0.717) is 22.9 Å². The van der Waals surface area contributed by atoms with Gasteiger partial charge >= 0.3 is 5.97 Å². The third-order valence-electron chi connectivity index (χ3n) is 10.4. The summed E-state index contributed by atoms with van der Waals surface area (Å²) in [5.74, 6) is -4.74. The zero-order valence-electron chi connectivity index (χ0n) is 28.5. The van der Waals surface area contributed by atoms with Gasteiger partial charge in [-0.1, -0.05) is 19.9 Å². The van der Waals surface area contributed by atoms with E-state index in [4.69, 9.17) is 4.74 Å². The molecule has 2 amide bonds. The lowest BCUT2D eigenvalue weighted by molar-refractivity contribution is -0.151. The summed E-state index contributed by atoms with van der Waals surface area (Å²) in [6, 6.07) is 8.18. The van der Waals surface area contributed by atoms with Crippen LogP contribution >= 0.6 is 0 Å². The second-order valence-electron chi connectivity index (χ2n) is 13.2. The molecule has 3 unspecified atom stereocenters. The fourth-order valence-corrected chi connectivity index (χ4v) is 7.42. The number of carboxylic acid groups (broad SMARTS) is 1. The second kappa shape index (κ2) is 12.1. The van der Waals surface area contributed by atoms with Crippen LogP contribution in [-0.2, 0) is 20.9 Å². The van der Waals surface area contributed by atoms with Crippen LogP contribution in [0.5, 0.6) is 34.5 Å². The van der Waals surface area contributed by atoms with E-state index in [-0.39, 0.29) is 72.8 Å². The molecule has 1 aromatic heterocycles. The fraction of sp³-hybridized carbons (Fsp3) is 0.263. The monoisotopic (exact) mass is 709 g/mol. The molecule has 2 heterocycles. The van der Waals surface area contributed by atoms with Crippen molar-refractivity contribution < 1.29 is 49.8 Å². The average molecular weight is 710 g/mol. The maximum absolute atomic E-state index is 14.5. The Labute approximate surface area is 294 Å². The van der Waals surface area contributed by atoms with E-state index in [9.17, 15) is 49.8 Å². The number of aliphatic carboxylic acids is 1. The van der Waals surface area contributed by atoms with Crippen molar-refractivity contribution in [1.82, 2.24) is 14.8 Å². The van der Waals surface area contributed by atoms with E-state index in [1.807, 2.05) is 13.8 Å². The molecule has 7 N–H and O–H groups in total. The standard InChI is InChI=1S/C38H35N3O11/c1-5-15(2)23-11-18-10-17-6-7-19-30(32(45)21-12-20-24(42)8-9-25(43)29(20)34(47)31(21)35(19)52-4)27(17)33(46)28(18)37(49)41(23)14-26(44)40-13-22(38(50)51)39-36(48)16(40)3/h6-12,15-16,22,42-43,45-47H,5,13-14H2,1-4H3,(H,39,48)(H,50,51).